The third-order valence-corrected chi connectivity index (χ3v) is 18.4. The van der Waals surface area contributed by atoms with Crippen molar-refractivity contribution in [2.45, 2.75) is 117 Å². The summed E-state index contributed by atoms with van der Waals surface area (Å²) in [6.45, 7) is 34.5. The van der Waals surface area contributed by atoms with Gasteiger partial charge in [0.1, 0.15) is 11.5 Å². The zero-order chi connectivity index (χ0) is 43.6. The second kappa shape index (κ2) is 18.1. The maximum Gasteiger partial charge on any atom is 0.228 e. The summed E-state index contributed by atoms with van der Waals surface area (Å²) < 4.78 is 18.3. The van der Waals surface area contributed by atoms with Gasteiger partial charge in [-0.2, -0.15) is 0 Å². The van der Waals surface area contributed by atoms with Crippen molar-refractivity contribution >= 4 is 42.4 Å². The summed E-state index contributed by atoms with van der Waals surface area (Å²) in [5, 5.41) is 14.7. The first kappa shape index (κ1) is 44.1. The van der Waals surface area contributed by atoms with Crippen LogP contribution in [-0.4, -0.2) is 25.6 Å². The van der Waals surface area contributed by atoms with Gasteiger partial charge in [0, 0.05) is 9.75 Å². The maximum atomic E-state index is 10.1. The molecule has 2 unspecified atom stereocenters. The van der Waals surface area contributed by atoms with Crippen molar-refractivity contribution in [2.75, 3.05) is 0 Å². The molecule has 0 saturated carbocycles. The Morgan fingerprint density at radius 1 is 0.656 bits per heavy atom. The molecule has 314 valence electrons. The lowest BCUT2D eigenvalue weighted by molar-refractivity contribution is 0.180. The van der Waals surface area contributed by atoms with Crippen molar-refractivity contribution in [3.63, 3.8) is 0 Å². The number of ether oxygens (including phenoxy) is 2. The number of rotatable bonds is 10. The van der Waals surface area contributed by atoms with E-state index >= 15 is 0 Å². The quantitative estimate of drug-likeness (QED) is 0.110. The number of nitrogens with zero attached hydrogens (tertiary/aromatic N) is 2. The van der Waals surface area contributed by atoms with Crippen molar-refractivity contribution in [1.82, 2.24) is 0 Å². The summed E-state index contributed by atoms with van der Waals surface area (Å²) in [6, 6.07) is 29.0. The molecule has 0 aliphatic heterocycles. The van der Waals surface area contributed by atoms with Crippen molar-refractivity contribution in [1.29, 1.82) is 0 Å². The highest BCUT2D eigenvalue weighted by Gasteiger charge is 2.41. The van der Waals surface area contributed by atoms with Gasteiger partial charge < -0.3 is 19.0 Å². The molecule has 4 aromatic carbocycles. The zero-order valence-corrected chi connectivity index (χ0v) is 39.4. The Morgan fingerprint density at radius 2 is 1.13 bits per heavy atom. The van der Waals surface area contributed by atoms with Gasteiger partial charge in [0.05, 0.1) is 37.6 Å². The molecule has 0 radical (unpaired) electrons. The van der Waals surface area contributed by atoms with Crippen LogP contribution < -0.4 is 9.47 Å². The van der Waals surface area contributed by atoms with Crippen molar-refractivity contribution in [3.8, 4) is 54.6 Å². The highest BCUT2D eigenvalue weighted by molar-refractivity contribution is 7.14. The van der Waals surface area contributed by atoms with Crippen molar-refractivity contribution < 1.29 is 19.0 Å². The number of fused-ring (bicyclic) bond motifs is 2. The number of benzene rings is 4. The molecule has 9 heteroatoms. The summed E-state index contributed by atoms with van der Waals surface area (Å²) in [4.78, 5) is 9.79. The molecular formula is C52H56N2O4S2Si. The van der Waals surface area contributed by atoms with Crippen LogP contribution in [0.15, 0.2) is 95.7 Å². The molecule has 6 aromatic rings. The van der Waals surface area contributed by atoms with E-state index in [0.29, 0.717) is 22.9 Å². The Balaban J connectivity index is 0.000000189. The van der Waals surface area contributed by atoms with Crippen molar-refractivity contribution in [3.05, 3.63) is 141 Å². The van der Waals surface area contributed by atoms with E-state index in [2.05, 4.69) is 96.8 Å². The smallest absolute Gasteiger partial charge is 0.228 e. The van der Waals surface area contributed by atoms with Crippen LogP contribution in [0.1, 0.15) is 95.8 Å². The van der Waals surface area contributed by atoms with E-state index in [9.17, 15) is 5.11 Å². The highest BCUT2D eigenvalue weighted by Crippen LogP contribution is 2.47. The molecule has 1 N–H and O–H groups in total. The fourth-order valence-electron chi connectivity index (χ4n) is 7.90. The summed E-state index contributed by atoms with van der Waals surface area (Å²) in [5.74, 6) is 1.28. The lowest BCUT2D eigenvalue weighted by Gasteiger charge is -2.38. The summed E-state index contributed by atoms with van der Waals surface area (Å²) in [5.41, 5.74) is 13.1. The molecule has 0 spiro atoms. The molecule has 0 bridgehead atoms. The van der Waals surface area contributed by atoms with Gasteiger partial charge >= 0.3 is 0 Å². The number of aliphatic hydroxyl groups is 1. The third-order valence-electron chi connectivity index (χ3n) is 12.0. The Bertz CT molecular complexity index is 2620. The van der Waals surface area contributed by atoms with Gasteiger partial charge in [-0.1, -0.05) is 69.3 Å². The Morgan fingerprint density at radius 3 is 1.61 bits per heavy atom. The number of aliphatic hydroxyl groups excluding tert-OH is 1. The minimum Gasteiger partial charge on any atom is -0.502 e. The lowest BCUT2D eigenvalue weighted by Crippen LogP contribution is -2.41. The van der Waals surface area contributed by atoms with Crippen LogP contribution in [0, 0.1) is 13.1 Å². The van der Waals surface area contributed by atoms with Gasteiger partial charge in [-0.05, 0) is 174 Å². The highest BCUT2D eigenvalue weighted by atomic mass is 32.1. The first-order chi connectivity index (χ1) is 29.1. The van der Waals surface area contributed by atoms with E-state index < -0.39 is 8.32 Å². The zero-order valence-electron chi connectivity index (χ0n) is 36.8. The molecule has 0 fully saturated rings. The first-order valence-electron chi connectivity index (χ1n) is 21.2. The average molecular weight is 865 g/mol. The van der Waals surface area contributed by atoms with Crippen LogP contribution in [0.2, 0.25) is 18.1 Å². The van der Waals surface area contributed by atoms with Crippen LogP contribution in [0.4, 0.5) is 11.4 Å². The van der Waals surface area contributed by atoms with Crippen molar-refractivity contribution in [2.24, 2.45) is 0 Å². The minimum atomic E-state index is -1.83. The molecule has 2 aliphatic rings. The number of hydrogen-bond donors (Lipinski definition) is 1. The number of thiophene rings is 2. The molecule has 0 amide bonds. The molecule has 8 rings (SSSR count). The SMILES string of the molecule is [C-]#[N+]c1cc(-c2csc(-c3cccc4c3CCC4O)c2)ccc1OC(C)C.[C-]#[N+]c1cc(-c2csc(-c3cccc4c3CCC4O[Si](C)(C)C(C)(C)C)c2)ccc1OC(C)C. The van der Waals surface area contributed by atoms with Crippen LogP contribution in [0.5, 0.6) is 11.5 Å². The standard InChI is InChI=1S/C29H35NO2SSi.C23H21NO2S/c1-19(2)31-27-14-12-20(16-25(27)30-6)21-17-28(33-18-21)24-11-9-10-23-22(24)13-15-26(23)32-34(7,8)29(3,4)5;1-14(2)26-22-10-7-15(11-20(22)24-3)16-12-23(27-13-16)19-6-4-5-18-17(19)8-9-21(18)25/h9-12,14,16-19,26H,13,15H2,1-5,7-8H3;4-7,10-14,21,25H,8-9H2,1-2H3. The van der Waals surface area contributed by atoms with E-state index in [0.717, 1.165) is 53.5 Å². The van der Waals surface area contributed by atoms with E-state index in [1.165, 1.54) is 37.6 Å². The molecule has 2 aliphatic carbocycles. The molecule has 2 heterocycles. The van der Waals surface area contributed by atoms with E-state index in [-0.39, 0.29) is 29.5 Å². The molecule has 0 saturated heterocycles. The second-order valence-corrected chi connectivity index (χ2v) is 24.6. The van der Waals surface area contributed by atoms with Gasteiger partial charge in [0.25, 0.3) is 0 Å². The topological polar surface area (TPSA) is 56.6 Å². The van der Waals surface area contributed by atoms with Gasteiger partial charge in [-0.25, -0.2) is 9.69 Å². The van der Waals surface area contributed by atoms with E-state index in [4.69, 9.17) is 27.0 Å². The van der Waals surface area contributed by atoms with E-state index in [1.54, 1.807) is 22.7 Å². The Labute approximate surface area is 371 Å². The van der Waals surface area contributed by atoms with Crippen LogP contribution in [-0.2, 0) is 17.3 Å². The summed E-state index contributed by atoms with van der Waals surface area (Å²) in [7, 11) is -1.83. The fraction of sp³-hybridized carbons (Fsp3) is 0.346. The van der Waals surface area contributed by atoms with Gasteiger partial charge in [-0.3, -0.25) is 0 Å². The first-order valence-corrected chi connectivity index (χ1v) is 25.9. The molecule has 61 heavy (non-hydrogen) atoms. The average Bonchev–Trinajstić information content (AvgIpc) is 4.05. The Hall–Kier alpha value is -5.00. The lowest BCUT2D eigenvalue weighted by atomic mass is 10.0. The summed E-state index contributed by atoms with van der Waals surface area (Å²) >= 11 is 3.47. The van der Waals surface area contributed by atoms with E-state index in [1.807, 2.05) is 70.2 Å². The van der Waals surface area contributed by atoms with Crippen LogP contribution in [0.25, 0.3) is 52.8 Å². The monoisotopic (exact) mass is 864 g/mol. The van der Waals surface area contributed by atoms with Gasteiger partial charge in [0.2, 0.25) is 11.4 Å². The normalized spacial score (nSPS) is 15.8. The predicted octanol–water partition coefficient (Wildman–Crippen LogP) is 15.8. The number of hydrogen-bond acceptors (Lipinski definition) is 6. The predicted molar refractivity (Wildman–Crippen MR) is 257 cm³/mol. The van der Waals surface area contributed by atoms with Crippen LogP contribution in [0.3, 0.4) is 0 Å². The maximum absolute atomic E-state index is 10.1. The van der Waals surface area contributed by atoms with Crippen LogP contribution >= 0.6 is 22.7 Å². The minimum absolute atomic E-state index is 0.0413. The molecule has 2 atom stereocenters. The Kier molecular flexibility index (Phi) is 13.1. The second-order valence-electron chi connectivity index (χ2n) is 18.0. The molecule has 6 nitrogen and oxygen atoms in total. The molecule has 2 aromatic heterocycles. The summed E-state index contributed by atoms with van der Waals surface area (Å²) in [6.07, 6.45) is 3.78. The third kappa shape index (κ3) is 9.58. The largest absolute Gasteiger partial charge is 0.502 e. The molecular weight excluding hydrogens is 809 g/mol. The van der Waals surface area contributed by atoms with Gasteiger partial charge in [-0.15, -0.1) is 22.7 Å². The fourth-order valence-corrected chi connectivity index (χ4v) is 11.2. The van der Waals surface area contributed by atoms with Gasteiger partial charge in [0.15, 0.2) is 8.32 Å².